The molecule has 6 nitrogen and oxygen atoms in total. The largest absolute Gasteiger partial charge is 0.361 e. The fourth-order valence-electron chi connectivity index (χ4n) is 3.48. The van der Waals surface area contributed by atoms with Gasteiger partial charge in [-0.2, -0.15) is 5.10 Å². The first-order valence-electron chi connectivity index (χ1n) is 9.62. The molecule has 4 rings (SSSR count). The number of H-pyrrole nitrogens is 1. The molecule has 0 fully saturated rings. The van der Waals surface area contributed by atoms with Crippen LogP contribution in [0, 0.1) is 5.82 Å². The number of hydrogen-bond acceptors (Lipinski definition) is 4. The first-order valence-corrected chi connectivity index (χ1v) is 10.0. The van der Waals surface area contributed by atoms with Crippen LogP contribution in [0.4, 0.5) is 10.2 Å². The van der Waals surface area contributed by atoms with E-state index < -0.39 is 11.9 Å². The minimum Gasteiger partial charge on any atom is -0.361 e. The summed E-state index contributed by atoms with van der Waals surface area (Å²) in [5.74, 6) is -0.422. The molecule has 0 saturated heterocycles. The highest BCUT2D eigenvalue weighted by Crippen LogP contribution is 2.29. The van der Waals surface area contributed by atoms with E-state index in [1.54, 1.807) is 54.2 Å². The van der Waals surface area contributed by atoms with Gasteiger partial charge in [0.2, 0.25) is 0 Å². The Hall–Kier alpha value is -3.19. The van der Waals surface area contributed by atoms with Crippen LogP contribution < -0.4 is 10.9 Å². The van der Waals surface area contributed by atoms with Gasteiger partial charge in [-0.15, -0.1) is 0 Å². The van der Waals surface area contributed by atoms with Crippen LogP contribution in [0.15, 0.2) is 53.6 Å². The van der Waals surface area contributed by atoms with Crippen molar-refractivity contribution in [2.75, 3.05) is 5.32 Å². The number of aromatic nitrogens is 4. The van der Waals surface area contributed by atoms with Crippen molar-refractivity contribution in [3.63, 3.8) is 0 Å². The molecule has 8 heteroatoms. The summed E-state index contributed by atoms with van der Waals surface area (Å²) < 4.78 is 17.0. The van der Waals surface area contributed by atoms with Gasteiger partial charge in [-0.3, -0.25) is 9.48 Å². The normalized spacial score (nSPS) is 12.5. The number of anilines is 1. The second kappa shape index (κ2) is 7.91. The summed E-state index contributed by atoms with van der Waals surface area (Å²) in [6, 6.07) is 9.99. The molecular weight excluding hydrogens is 405 g/mol. The fourth-order valence-corrected chi connectivity index (χ4v) is 3.66. The van der Waals surface area contributed by atoms with Gasteiger partial charge < -0.3 is 10.3 Å². The van der Waals surface area contributed by atoms with Crippen LogP contribution in [0.5, 0.6) is 0 Å². The van der Waals surface area contributed by atoms with Gasteiger partial charge in [0.1, 0.15) is 0 Å². The number of fused-ring (bicyclic) bond motifs is 1. The molecule has 1 atom stereocenters. The lowest BCUT2D eigenvalue weighted by Crippen LogP contribution is -2.20. The molecule has 3 heterocycles. The molecule has 0 aliphatic carbocycles. The average molecular weight is 426 g/mol. The Bertz CT molecular complexity index is 1280. The Labute approximate surface area is 177 Å². The molecule has 0 aliphatic rings. The Balaban J connectivity index is 1.70. The van der Waals surface area contributed by atoms with Crippen molar-refractivity contribution in [2.45, 2.75) is 32.9 Å². The van der Waals surface area contributed by atoms with Crippen molar-refractivity contribution in [3.8, 4) is 11.3 Å². The molecule has 2 N–H and O–H groups in total. The van der Waals surface area contributed by atoms with E-state index in [4.69, 9.17) is 11.6 Å². The van der Waals surface area contributed by atoms with Crippen molar-refractivity contribution < 1.29 is 4.39 Å². The maximum absolute atomic E-state index is 15.3. The van der Waals surface area contributed by atoms with E-state index >= 15 is 4.39 Å². The molecule has 0 amide bonds. The molecule has 0 aliphatic heterocycles. The lowest BCUT2D eigenvalue weighted by atomic mass is 10.1. The summed E-state index contributed by atoms with van der Waals surface area (Å²) in [5, 5.41) is 8.67. The fraction of sp³-hybridized carbons (Fsp3) is 0.227. The van der Waals surface area contributed by atoms with Gasteiger partial charge in [-0.05, 0) is 57.2 Å². The van der Waals surface area contributed by atoms with Crippen LogP contribution >= 0.6 is 11.6 Å². The first-order chi connectivity index (χ1) is 14.3. The Morgan fingerprint density at radius 3 is 2.70 bits per heavy atom. The second-order valence-corrected chi connectivity index (χ2v) is 7.86. The topological polar surface area (TPSA) is 75.6 Å². The standard InChI is InChI=1S/C22H21ClFN5O/c1-12(2)29-19(7-9-26-29)16-6-8-25-21(20(16)24)27-13(3)17-11-14-10-15(23)4-5-18(14)28-22(17)30/h4-13H,1-3H3,(H,25,27)(H,28,30)/t13-/m0/s1. The van der Waals surface area contributed by atoms with Crippen LogP contribution in [0.25, 0.3) is 22.2 Å². The Kier molecular flexibility index (Phi) is 5.30. The molecule has 154 valence electrons. The number of halogens is 2. The smallest absolute Gasteiger partial charge is 0.253 e. The second-order valence-electron chi connectivity index (χ2n) is 7.43. The predicted molar refractivity (Wildman–Crippen MR) is 117 cm³/mol. The van der Waals surface area contributed by atoms with Gasteiger partial charge in [0.25, 0.3) is 5.56 Å². The van der Waals surface area contributed by atoms with E-state index in [1.165, 1.54) is 6.20 Å². The number of nitrogens with one attached hydrogen (secondary N) is 2. The third kappa shape index (κ3) is 3.68. The van der Waals surface area contributed by atoms with Crippen molar-refractivity contribution in [1.82, 2.24) is 19.7 Å². The summed E-state index contributed by atoms with van der Waals surface area (Å²) in [7, 11) is 0. The zero-order chi connectivity index (χ0) is 21.4. The molecular formula is C22H21ClFN5O. The average Bonchev–Trinajstić information content (AvgIpc) is 3.19. The molecule has 0 saturated carbocycles. The number of aromatic amines is 1. The summed E-state index contributed by atoms with van der Waals surface area (Å²) in [6.07, 6.45) is 3.18. The number of hydrogen-bond donors (Lipinski definition) is 2. The van der Waals surface area contributed by atoms with Gasteiger partial charge >= 0.3 is 0 Å². The highest BCUT2D eigenvalue weighted by Gasteiger charge is 2.19. The van der Waals surface area contributed by atoms with Crippen molar-refractivity contribution >= 4 is 28.3 Å². The highest BCUT2D eigenvalue weighted by atomic mass is 35.5. The third-order valence-corrected chi connectivity index (χ3v) is 5.21. The monoisotopic (exact) mass is 425 g/mol. The minimum atomic E-state index is -0.494. The Morgan fingerprint density at radius 1 is 1.13 bits per heavy atom. The van der Waals surface area contributed by atoms with Gasteiger partial charge in [-0.1, -0.05) is 11.6 Å². The Morgan fingerprint density at radius 2 is 1.93 bits per heavy atom. The van der Waals surface area contributed by atoms with Gasteiger partial charge in [0.15, 0.2) is 11.6 Å². The van der Waals surface area contributed by atoms with Gasteiger partial charge in [0.05, 0.1) is 11.7 Å². The number of pyridine rings is 2. The number of rotatable bonds is 5. The quantitative estimate of drug-likeness (QED) is 0.453. The predicted octanol–water partition coefficient (Wildman–Crippen LogP) is 5.33. The van der Waals surface area contributed by atoms with Gasteiger partial charge in [-0.25, -0.2) is 9.37 Å². The molecule has 1 aromatic carbocycles. The lowest BCUT2D eigenvalue weighted by Gasteiger charge is -2.17. The molecule has 30 heavy (non-hydrogen) atoms. The summed E-state index contributed by atoms with van der Waals surface area (Å²) in [6.45, 7) is 5.75. The number of benzene rings is 1. The van der Waals surface area contributed by atoms with E-state index in [9.17, 15) is 4.79 Å². The third-order valence-electron chi connectivity index (χ3n) is 4.98. The van der Waals surface area contributed by atoms with E-state index in [-0.39, 0.29) is 17.4 Å². The number of nitrogens with zero attached hydrogens (tertiary/aromatic N) is 3. The zero-order valence-corrected chi connectivity index (χ0v) is 17.5. The van der Waals surface area contributed by atoms with Crippen molar-refractivity contribution in [1.29, 1.82) is 0 Å². The van der Waals surface area contributed by atoms with Gasteiger partial charge in [0, 0.05) is 45.5 Å². The van der Waals surface area contributed by atoms with E-state index in [0.29, 0.717) is 27.4 Å². The molecule has 0 spiro atoms. The van der Waals surface area contributed by atoms with E-state index in [1.807, 2.05) is 13.8 Å². The molecule has 0 bridgehead atoms. The summed E-state index contributed by atoms with van der Waals surface area (Å²) in [4.78, 5) is 19.5. The van der Waals surface area contributed by atoms with E-state index in [2.05, 4.69) is 20.4 Å². The first kappa shape index (κ1) is 20.1. The van der Waals surface area contributed by atoms with Crippen LogP contribution in [-0.2, 0) is 0 Å². The summed E-state index contributed by atoms with van der Waals surface area (Å²) >= 11 is 6.07. The van der Waals surface area contributed by atoms with Crippen LogP contribution in [0.3, 0.4) is 0 Å². The van der Waals surface area contributed by atoms with Crippen molar-refractivity contribution in [3.05, 3.63) is 75.5 Å². The van der Waals surface area contributed by atoms with Crippen LogP contribution in [-0.4, -0.2) is 19.7 Å². The summed E-state index contributed by atoms with van der Waals surface area (Å²) in [5.41, 5.74) is 1.96. The maximum atomic E-state index is 15.3. The molecule has 0 unspecified atom stereocenters. The lowest BCUT2D eigenvalue weighted by molar-refractivity contribution is 0.535. The molecule has 0 radical (unpaired) electrons. The van der Waals surface area contributed by atoms with E-state index in [0.717, 1.165) is 5.39 Å². The van der Waals surface area contributed by atoms with Crippen LogP contribution in [0.2, 0.25) is 5.02 Å². The molecule has 3 aromatic heterocycles. The van der Waals surface area contributed by atoms with Crippen molar-refractivity contribution in [2.24, 2.45) is 0 Å². The SMILES string of the molecule is CC(C)n1nccc1-c1ccnc(N[C@@H](C)c2cc3cc(Cl)ccc3[nH]c2=O)c1F. The van der Waals surface area contributed by atoms with Crippen LogP contribution in [0.1, 0.15) is 38.4 Å². The zero-order valence-electron chi connectivity index (χ0n) is 16.8. The minimum absolute atomic E-state index is 0.0714. The molecule has 4 aromatic rings. The maximum Gasteiger partial charge on any atom is 0.253 e. The highest BCUT2D eigenvalue weighted by molar-refractivity contribution is 6.31.